The Bertz CT molecular complexity index is 1100. The fraction of sp³-hybridized carbons (Fsp3) is 0.389. The van der Waals surface area contributed by atoms with E-state index in [2.05, 4.69) is 20.3 Å². The molecule has 11 nitrogen and oxygen atoms in total. The first-order valence-corrected chi connectivity index (χ1v) is 10.4. The number of halogens is 1. The summed E-state index contributed by atoms with van der Waals surface area (Å²) in [5, 5.41) is 13.3. The molecule has 3 aromatic rings. The number of nitrogens with zero attached hydrogens (tertiary/aromatic N) is 4. The Kier molecular flexibility index (Phi) is 5.71. The van der Waals surface area contributed by atoms with E-state index in [0.717, 1.165) is 0 Å². The van der Waals surface area contributed by atoms with Gasteiger partial charge in [0.1, 0.15) is 18.8 Å². The number of aliphatic hydroxyl groups excluding tert-OH is 1. The number of nitrogens with two attached hydrogens (primary N) is 1. The third-order valence-electron chi connectivity index (χ3n) is 4.91. The largest absolute Gasteiger partial charge is 0.750 e. The van der Waals surface area contributed by atoms with Crippen LogP contribution in [0, 0.1) is 0 Å². The molecule has 4 rings (SSSR count). The molecule has 0 amide bonds. The van der Waals surface area contributed by atoms with Crippen molar-refractivity contribution < 1.29 is 27.8 Å². The van der Waals surface area contributed by atoms with Crippen molar-refractivity contribution in [3.8, 4) is 5.75 Å². The second-order valence-electron chi connectivity index (χ2n) is 7.05. The first-order chi connectivity index (χ1) is 14.8. The maximum Gasteiger partial charge on any atom is 0.750 e. The number of hydrogen-bond acceptors (Lipinski definition) is 10. The molecule has 3 heterocycles. The molecule has 1 saturated heterocycles. The summed E-state index contributed by atoms with van der Waals surface area (Å²) in [5.74, 6) is 0.690. The topological polar surface area (TPSA) is 147 Å². The van der Waals surface area contributed by atoms with Gasteiger partial charge in [0.2, 0.25) is 5.95 Å². The van der Waals surface area contributed by atoms with Gasteiger partial charge >= 0.3 is 8.25 Å². The molecule has 1 fully saturated rings. The average Bonchev–Trinajstić information content (AvgIpc) is 3.25. The first-order valence-electron chi connectivity index (χ1n) is 9.34. The molecule has 0 spiro atoms. The van der Waals surface area contributed by atoms with Crippen LogP contribution in [0.1, 0.15) is 13.2 Å². The van der Waals surface area contributed by atoms with E-state index in [-0.39, 0.29) is 18.2 Å². The molecule has 0 saturated carbocycles. The van der Waals surface area contributed by atoms with Gasteiger partial charge in [0, 0.05) is 11.6 Å². The van der Waals surface area contributed by atoms with E-state index in [1.807, 2.05) is 0 Å². The van der Waals surface area contributed by atoms with Crippen LogP contribution in [0.5, 0.6) is 5.75 Å². The van der Waals surface area contributed by atoms with Gasteiger partial charge < -0.3 is 20.9 Å². The Hall–Kier alpha value is -2.92. The predicted octanol–water partition coefficient (Wildman–Crippen LogP) is 2.19. The standard InChI is InChI=1S/C18H21FN6O5P/c1-18(19)13(26)11(8-28-31(27)30-10-6-4-3-5-7-10)29-16(18)25-9-22-12-14(21-2)23-17(20)24-15(12)25/h3-7,9,11,13,16,26H,8H2,1-2H3,(H3,20,21,23,24)/q+1/t11-,13-,16-,18-/m1/s1. The first kappa shape index (κ1) is 21.3. The van der Waals surface area contributed by atoms with E-state index in [0.29, 0.717) is 17.1 Å². The minimum absolute atomic E-state index is 0.0346. The number of anilines is 2. The van der Waals surface area contributed by atoms with E-state index in [9.17, 15) is 9.67 Å². The monoisotopic (exact) mass is 451 g/mol. The van der Waals surface area contributed by atoms with Gasteiger partial charge in [-0.1, -0.05) is 18.2 Å². The lowest BCUT2D eigenvalue weighted by atomic mass is 9.98. The molecule has 31 heavy (non-hydrogen) atoms. The lowest BCUT2D eigenvalue weighted by Gasteiger charge is -2.24. The lowest BCUT2D eigenvalue weighted by molar-refractivity contribution is -0.0539. The summed E-state index contributed by atoms with van der Waals surface area (Å²) in [7, 11) is -0.909. The van der Waals surface area contributed by atoms with Crippen LogP contribution in [-0.2, 0) is 13.8 Å². The summed E-state index contributed by atoms with van der Waals surface area (Å²) in [6, 6.07) is 8.44. The molecule has 1 unspecified atom stereocenters. The highest BCUT2D eigenvalue weighted by atomic mass is 31.1. The highest BCUT2D eigenvalue weighted by Crippen LogP contribution is 2.43. The van der Waals surface area contributed by atoms with Crippen LogP contribution in [0.25, 0.3) is 11.2 Å². The number of hydrogen-bond donors (Lipinski definition) is 3. The molecule has 5 atom stereocenters. The molecule has 1 aliphatic heterocycles. The molecule has 0 bridgehead atoms. The second kappa shape index (κ2) is 8.31. The summed E-state index contributed by atoms with van der Waals surface area (Å²) in [5.41, 5.74) is 4.11. The normalized spacial score (nSPS) is 26.2. The molecule has 1 aromatic carbocycles. The number of imidazole rings is 1. The van der Waals surface area contributed by atoms with E-state index >= 15 is 4.39 Å². The minimum atomic E-state index is -2.55. The van der Waals surface area contributed by atoms with Crippen molar-refractivity contribution in [1.29, 1.82) is 0 Å². The van der Waals surface area contributed by atoms with Gasteiger partial charge in [-0.05, 0) is 19.1 Å². The van der Waals surface area contributed by atoms with Crippen molar-refractivity contribution in [1.82, 2.24) is 19.5 Å². The summed E-state index contributed by atoms with van der Waals surface area (Å²) in [6.07, 6.45) is -2.64. The van der Waals surface area contributed by atoms with Crippen LogP contribution in [0.2, 0.25) is 0 Å². The molecule has 2 aromatic heterocycles. The minimum Gasteiger partial charge on any atom is -0.387 e. The maximum atomic E-state index is 15.5. The molecule has 13 heteroatoms. The van der Waals surface area contributed by atoms with Crippen LogP contribution in [0.15, 0.2) is 36.7 Å². The number of nitrogens with one attached hydrogen (secondary N) is 1. The van der Waals surface area contributed by atoms with E-state index in [1.54, 1.807) is 37.4 Å². The van der Waals surface area contributed by atoms with Crippen molar-refractivity contribution >= 4 is 31.2 Å². The molecular weight excluding hydrogens is 430 g/mol. The second-order valence-corrected chi connectivity index (χ2v) is 7.94. The van der Waals surface area contributed by atoms with Crippen molar-refractivity contribution in [3.05, 3.63) is 36.7 Å². The number of para-hydroxylation sites is 1. The maximum absolute atomic E-state index is 15.5. The van der Waals surface area contributed by atoms with Gasteiger partial charge in [-0.25, -0.2) is 13.9 Å². The van der Waals surface area contributed by atoms with Crippen LogP contribution >= 0.6 is 8.25 Å². The molecule has 1 aliphatic rings. The molecular formula is C18H21FN6O5P+. The molecule has 0 aliphatic carbocycles. The Morgan fingerprint density at radius 2 is 2.13 bits per heavy atom. The van der Waals surface area contributed by atoms with Gasteiger partial charge in [-0.3, -0.25) is 4.57 Å². The summed E-state index contributed by atoms with van der Waals surface area (Å²) >= 11 is 0. The Morgan fingerprint density at radius 3 is 2.84 bits per heavy atom. The summed E-state index contributed by atoms with van der Waals surface area (Å²) in [6.45, 7) is 0.836. The Labute approximate surface area is 177 Å². The quantitative estimate of drug-likeness (QED) is 0.457. The van der Waals surface area contributed by atoms with Gasteiger partial charge in [-0.2, -0.15) is 9.97 Å². The van der Waals surface area contributed by atoms with Crippen molar-refractivity contribution in [3.63, 3.8) is 0 Å². The van der Waals surface area contributed by atoms with E-state index < -0.39 is 32.4 Å². The van der Waals surface area contributed by atoms with Gasteiger partial charge in [0.05, 0.1) is 6.33 Å². The van der Waals surface area contributed by atoms with Crippen molar-refractivity contribution in [2.75, 3.05) is 24.7 Å². The van der Waals surface area contributed by atoms with Crippen molar-refractivity contribution in [2.24, 2.45) is 0 Å². The number of aromatic nitrogens is 4. The number of nitrogen functional groups attached to an aromatic ring is 1. The average molecular weight is 451 g/mol. The van der Waals surface area contributed by atoms with E-state index in [1.165, 1.54) is 17.8 Å². The highest BCUT2D eigenvalue weighted by Gasteiger charge is 2.56. The fourth-order valence-electron chi connectivity index (χ4n) is 3.36. The van der Waals surface area contributed by atoms with Crippen LogP contribution in [0.4, 0.5) is 16.2 Å². The summed E-state index contributed by atoms with van der Waals surface area (Å²) in [4.78, 5) is 12.4. The number of benzene rings is 1. The van der Waals surface area contributed by atoms with Crippen molar-refractivity contribution in [2.45, 2.75) is 31.0 Å². The van der Waals surface area contributed by atoms with Crippen LogP contribution < -0.4 is 15.6 Å². The van der Waals surface area contributed by atoms with Gasteiger partial charge in [0.15, 0.2) is 34.6 Å². The smallest absolute Gasteiger partial charge is 0.387 e. The fourth-order valence-corrected chi connectivity index (χ4v) is 3.97. The Morgan fingerprint density at radius 1 is 1.39 bits per heavy atom. The van der Waals surface area contributed by atoms with Crippen LogP contribution in [-0.4, -0.2) is 56.2 Å². The lowest BCUT2D eigenvalue weighted by Crippen LogP contribution is -2.40. The zero-order chi connectivity index (χ0) is 22.2. The number of fused-ring (bicyclic) bond motifs is 1. The highest BCUT2D eigenvalue weighted by molar-refractivity contribution is 7.33. The SMILES string of the molecule is CNc1nc(N)nc2c1ncn2[C@@H]1O[C@H](CO[P+](=O)Oc2ccccc2)[C@@H](O)[C@@]1(C)F. The van der Waals surface area contributed by atoms with Crippen LogP contribution in [0.3, 0.4) is 0 Å². The predicted molar refractivity (Wildman–Crippen MR) is 109 cm³/mol. The third-order valence-corrected chi connectivity index (χ3v) is 5.63. The zero-order valence-electron chi connectivity index (χ0n) is 16.7. The zero-order valence-corrected chi connectivity index (χ0v) is 17.6. The number of rotatable bonds is 7. The number of ether oxygens (including phenoxy) is 1. The number of aliphatic hydroxyl groups is 1. The Balaban J connectivity index is 1.51. The van der Waals surface area contributed by atoms with Gasteiger partial charge in [0.25, 0.3) is 0 Å². The van der Waals surface area contributed by atoms with E-state index in [4.69, 9.17) is 19.5 Å². The molecule has 4 N–H and O–H groups in total. The third kappa shape index (κ3) is 4.02. The molecule has 164 valence electrons. The summed E-state index contributed by atoms with van der Waals surface area (Å²) < 4.78 is 44.9. The molecule has 0 radical (unpaired) electrons. The van der Waals surface area contributed by atoms with Gasteiger partial charge in [-0.15, -0.1) is 4.52 Å². The number of alkyl halides is 1.